The van der Waals surface area contributed by atoms with E-state index in [1.54, 1.807) is 30.3 Å². The van der Waals surface area contributed by atoms with Crippen LogP contribution in [0.25, 0.3) is 0 Å². The molecule has 1 N–H and O–H groups in total. The molecule has 5 nitrogen and oxygen atoms in total. The molecule has 3 rings (SSSR count). The van der Waals surface area contributed by atoms with Gasteiger partial charge in [0.25, 0.3) is 0 Å². The molecule has 1 heterocycles. The van der Waals surface area contributed by atoms with Gasteiger partial charge in [0, 0.05) is 13.1 Å². The largest absolute Gasteiger partial charge is 0.435 e. The number of benzene rings is 2. The number of halogens is 3. The number of alkyl halides is 2. The van der Waals surface area contributed by atoms with E-state index in [1.165, 1.54) is 12.1 Å². The van der Waals surface area contributed by atoms with Gasteiger partial charge < -0.3 is 19.7 Å². The molecule has 1 fully saturated rings. The number of morpholine rings is 1. The molecule has 0 aliphatic carbocycles. The summed E-state index contributed by atoms with van der Waals surface area (Å²) >= 11 is 6.36. The average molecular weight is 397 g/mol. The summed E-state index contributed by atoms with van der Waals surface area (Å²) in [7, 11) is 0. The standard InChI is InChI=1S/C19H19ClF2N2O3/c20-15-2-1-3-16(18(15)24-8-10-26-11-9-24)23-17(25)12-13-4-6-14(7-5-13)27-19(21)22/h1-7,19H,8-12H2,(H,23,25). The number of nitrogens with zero attached hydrogens (tertiary/aromatic N) is 1. The average Bonchev–Trinajstić information content (AvgIpc) is 2.64. The second-order valence-electron chi connectivity index (χ2n) is 5.98. The summed E-state index contributed by atoms with van der Waals surface area (Å²) in [6.07, 6.45) is 0.101. The fourth-order valence-corrected chi connectivity index (χ4v) is 3.19. The lowest BCUT2D eigenvalue weighted by molar-refractivity contribution is -0.115. The van der Waals surface area contributed by atoms with Crippen LogP contribution in [0.2, 0.25) is 5.02 Å². The van der Waals surface area contributed by atoms with E-state index in [9.17, 15) is 13.6 Å². The molecule has 0 saturated carbocycles. The van der Waals surface area contributed by atoms with Gasteiger partial charge in [0.2, 0.25) is 5.91 Å². The van der Waals surface area contributed by atoms with Crippen LogP contribution in [-0.2, 0) is 16.0 Å². The first-order valence-electron chi connectivity index (χ1n) is 8.48. The van der Waals surface area contributed by atoms with Crippen LogP contribution in [0.4, 0.5) is 20.2 Å². The first-order chi connectivity index (χ1) is 13.0. The van der Waals surface area contributed by atoms with Crippen LogP contribution in [0.1, 0.15) is 5.56 Å². The maximum absolute atomic E-state index is 12.4. The van der Waals surface area contributed by atoms with Crippen LogP contribution in [0.15, 0.2) is 42.5 Å². The van der Waals surface area contributed by atoms with Crippen molar-refractivity contribution in [1.82, 2.24) is 0 Å². The number of hydrogen-bond acceptors (Lipinski definition) is 4. The van der Waals surface area contributed by atoms with E-state index in [0.717, 1.165) is 5.69 Å². The second-order valence-corrected chi connectivity index (χ2v) is 6.39. The van der Waals surface area contributed by atoms with E-state index in [-0.39, 0.29) is 18.1 Å². The molecule has 8 heteroatoms. The number of hydrogen-bond donors (Lipinski definition) is 1. The molecule has 1 aliphatic rings. The highest BCUT2D eigenvalue weighted by molar-refractivity contribution is 6.34. The SMILES string of the molecule is O=C(Cc1ccc(OC(F)F)cc1)Nc1cccc(Cl)c1N1CCOCC1. The van der Waals surface area contributed by atoms with Gasteiger partial charge in [0.1, 0.15) is 5.75 Å². The number of anilines is 2. The van der Waals surface area contributed by atoms with Crippen molar-refractivity contribution < 1.29 is 23.0 Å². The molecule has 0 unspecified atom stereocenters. The summed E-state index contributed by atoms with van der Waals surface area (Å²) in [5.74, 6) is -0.173. The lowest BCUT2D eigenvalue weighted by Crippen LogP contribution is -2.37. The van der Waals surface area contributed by atoms with Crippen LogP contribution in [-0.4, -0.2) is 38.8 Å². The third-order valence-electron chi connectivity index (χ3n) is 4.10. The lowest BCUT2D eigenvalue weighted by Gasteiger charge is -2.31. The normalized spacial score (nSPS) is 14.3. The fraction of sp³-hybridized carbons (Fsp3) is 0.316. The summed E-state index contributed by atoms with van der Waals surface area (Å²) in [5, 5.41) is 3.45. The van der Waals surface area contributed by atoms with E-state index in [0.29, 0.717) is 42.6 Å². The topological polar surface area (TPSA) is 50.8 Å². The van der Waals surface area contributed by atoms with Crippen LogP contribution >= 0.6 is 11.6 Å². The Morgan fingerprint density at radius 3 is 2.56 bits per heavy atom. The zero-order chi connectivity index (χ0) is 19.2. The highest BCUT2D eigenvalue weighted by Gasteiger charge is 2.19. The molecule has 0 bridgehead atoms. The van der Waals surface area contributed by atoms with Gasteiger partial charge >= 0.3 is 6.61 Å². The summed E-state index contributed by atoms with van der Waals surface area (Å²) in [6.45, 7) is -0.283. The Hall–Kier alpha value is -2.38. The van der Waals surface area contributed by atoms with Crippen molar-refractivity contribution >= 4 is 28.9 Å². The van der Waals surface area contributed by atoms with Crippen LogP contribution in [0.3, 0.4) is 0 Å². The van der Waals surface area contributed by atoms with Gasteiger partial charge in [-0.25, -0.2) is 0 Å². The van der Waals surface area contributed by atoms with Gasteiger partial charge in [0.05, 0.1) is 36.0 Å². The van der Waals surface area contributed by atoms with E-state index in [2.05, 4.69) is 15.0 Å². The van der Waals surface area contributed by atoms with E-state index < -0.39 is 6.61 Å². The smallest absolute Gasteiger partial charge is 0.387 e. The zero-order valence-electron chi connectivity index (χ0n) is 14.5. The number of ether oxygens (including phenoxy) is 2. The Morgan fingerprint density at radius 2 is 1.89 bits per heavy atom. The van der Waals surface area contributed by atoms with Crippen molar-refractivity contribution in [3.63, 3.8) is 0 Å². The van der Waals surface area contributed by atoms with E-state index >= 15 is 0 Å². The summed E-state index contributed by atoms with van der Waals surface area (Å²) < 4.78 is 34.0. The second kappa shape index (κ2) is 9.01. The fourth-order valence-electron chi connectivity index (χ4n) is 2.89. The molecule has 2 aromatic carbocycles. The molecule has 1 amide bonds. The number of nitrogens with one attached hydrogen (secondary N) is 1. The monoisotopic (exact) mass is 396 g/mol. The molecular formula is C19H19ClF2N2O3. The van der Waals surface area contributed by atoms with Crippen LogP contribution in [0.5, 0.6) is 5.75 Å². The first kappa shape index (κ1) is 19.4. The minimum atomic E-state index is -2.87. The number of carbonyl (C=O) groups is 1. The molecule has 0 aromatic heterocycles. The molecule has 1 saturated heterocycles. The summed E-state index contributed by atoms with van der Waals surface area (Å²) in [6, 6.07) is 11.3. The minimum Gasteiger partial charge on any atom is -0.435 e. The van der Waals surface area contributed by atoms with E-state index in [1.807, 2.05) is 0 Å². The number of carbonyl (C=O) groups excluding carboxylic acids is 1. The maximum atomic E-state index is 12.4. The minimum absolute atomic E-state index is 0.0543. The highest BCUT2D eigenvalue weighted by atomic mass is 35.5. The highest BCUT2D eigenvalue weighted by Crippen LogP contribution is 2.34. The van der Waals surface area contributed by atoms with Gasteiger partial charge in [-0.1, -0.05) is 29.8 Å². The molecule has 0 radical (unpaired) electrons. The van der Waals surface area contributed by atoms with Gasteiger partial charge in [-0.05, 0) is 29.8 Å². The zero-order valence-corrected chi connectivity index (χ0v) is 15.2. The van der Waals surface area contributed by atoms with E-state index in [4.69, 9.17) is 16.3 Å². The van der Waals surface area contributed by atoms with Gasteiger partial charge in [-0.2, -0.15) is 8.78 Å². The molecule has 27 heavy (non-hydrogen) atoms. The number of rotatable bonds is 6. The first-order valence-corrected chi connectivity index (χ1v) is 8.85. The summed E-state index contributed by atoms with van der Waals surface area (Å²) in [5.41, 5.74) is 2.09. The predicted octanol–water partition coefficient (Wildman–Crippen LogP) is 3.96. The van der Waals surface area contributed by atoms with Gasteiger partial charge in [-0.3, -0.25) is 4.79 Å². The predicted molar refractivity (Wildman–Crippen MR) is 99.9 cm³/mol. The summed E-state index contributed by atoms with van der Waals surface area (Å²) in [4.78, 5) is 14.5. The van der Waals surface area contributed by atoms with Crippen molar-refractivity contribution in [1.29, 1.82) is 0 Å². The number of para-hydroxylation sites is 1. The number of amides is 1. The van der Waals surface area contributed by atoms with Crippen molar-refractivity contribution in [2.24, 2.45) is 0 Å². The molecule has 0 atom stereocenters. The third kappa shape index (κ3) is 5.30. The van der Waals surface area contributed by atoms with Crippen molar-refractivity contribution in [2.45, 2.75) is 13.0 Å². The van der Waals surface area contributed by atoms with Crippen molar-refractivity contribution in [3.8, 4) is 5.75 Å². The van der Waals surface area contributed by atoms with Gasteiger partial charge in [0.15, 0.2) is 0 Å². The molecule has 0 spiro atoms. The Labute approximate surface area is 160 Å². The lowest BCUT2D eigenvalue weighted by atomic mass is 10.1. The molecular weight excluding hydrogens is 378 g/mol. The maximum Gasteiger partial charge on any atom is 0.387 e. The Morgan fingerprint density at radius 1 is 1.19 bits per heavy atom. The molecule has 144 valence electrons. The van der Waals surface area contributed by atoms with Gasteiger partial charge in [-0.15, -0.1) is 0 Å². The van der Waals surface area contributed by atoms with Crippen LogP contribution in [0, 0.1) is 0 Å². The van der Waals surface area contributed by atoms with Crippen molar-refractivity contribution in [3.05, 3.63) is 53.1 Å². The Balaban J connectivity index is 1.68. The third-order valence-corrected chi connectivity index (χ3v) is 4.41. The van der Waals surface area contributed by atoms with Crippen molar-refractivity contribution in [2.75, 3.05) is 36.5 Å². The Kier molecular flexibility index (Phi) is 6.47. The quantitative estimate of drug-likeness (QED) is 0.803. The molecule has 2 aromatic rings. The Bertz CT molecular complexity index is 781. The van der Waals surface area contributed by atoms with Crippen LogP contribution < -0.4 is 15.0 Å². The molecule has 1 aliphatic heterocycles.